The molecule has 0 saturated carbocycles. The van der Waals surface area contributed by atoms with Gasteiger partial charge in [-0.25, -0.2) is 23.9 Å². The molecule has 3 heterocycles. The minimum absolute atomic E-state index is 0.0446. The second kappa shape index (κ2) is 15.1. The lowest BCUT2D eigenvalue weighted by Gasteiger charge is -2.17. The van der Waals surface area contributed by atoms with Crippen LogP contribution in [-0.4, -0.2) is 62.9 Å². The van der Waals surface area contributed by atoms with E-state index in [1.54, 1.807) is 22.8 Å². The molecule has 0 unspecified atom stereocenters. The Bertz CT molecular complexity index is 2110. The van der Waals surface area contributed by atoms with Crippen molar-refractivity contribution >= 4 is 67.1 Å². The Labute approximate surface area is 289 Å². The number of fused-ring (bicyclic) bond motifs is 3. The first kappa shape index (κ1) is 37.4. The summed E-state index contributed by atoms with van der Waals surface area (Å²) in [5, 5.41) is 3.68. The van der Waals surface area contributed by atoms with Crippen molar-refractivity contribution in [1.29, 1.82) is 0 Å². The molecule has 0 atom stereocenters. The van der Waals surface area contributed by atoms with Gasteiger partial charge in [-0.05, 0) is 36.2 Å². The van der Waals surface area contributed by atoms with Gasteiger partial charge in [-0.2, -0.15) is 0 Å². The van der Waals surface area contributed by atoms with Crippen LogP contribution in [0.3, 0.4) is 0 Å². The van der Waals surface area contributed by atoms with Gasteiger partial charge < -0.3 is 29.5 Å². The maximum Gasteiger partial charge on any atom is 0.524 e. The fraction of sp³-hybridized carbons (Fsp3) is 0.333. The van der Waals surface area contributed by atoms with Crippen LogP contribution in [0.1, 0.15) is 62.4 Å². The van der Waals surface area contributed by atoms with Crippen LogP contribution >= 0.6 is 15.6 Å². The smallest absolute Gasteiger partial charge is 0.404 e. The number of hydrogen-bond donors (Lipinski definition) is 6. The Hall–Kier alpha value is -4.90. The zero-order valence-electron chi connectivity index (χ0n) is 27.1. The van der Waals surface area contributed by atoms with Crippen LogP contribution in [0.25, 0.3) is 21.9 Å². The molecule has 0 bridgehead atoms. The summed E-state index contributed by atoms with van der Waals surface area (Å²) >= 11 is 0. The number of phosphoric ester groups is 2. The lowest BCUT2D eigenvalue weighted by atomic mass is 10.1. The molecular weight excluding hydrogens is 714 g/mol. The summed E-state index contributed by atoms with van der Waals surface area (Å²) in [7, 11) is -10.0. The molecule has 3 amide bonds. The molecule has 51 heavy (non-hydrogen) atoms. The number of hydrogen-bond acceptors (Lipinski definition) is 12. The number of imide groups is 1. The second-order valence-electron chi connectivity index (χ2n) is 11.5. The minimum Gasteiger partial charge on any atom is -0.404 e. The van der Waals surface area contributed by atoms with E-state index in [2.05, 4.69) is 10.3 Å². The minimum atomic E-state index is -5.05. The van der Waals surface area contributed by atoms with Gasteiger partial charge in [-0.3, -0.25) is 34.0 Å². The largest absolute Gasteiger partial charge is 0.524 e. The Balaban J connectivity index is 1.42. The number of unbranched alkanes of at least 4 members (excludes halogenated alkanes) is 1. The maximum atomic E-state index is 12.5. The highest BCUT2D eigenvalue weighted by Gasteiger charge is 2.33. The number of phosphoric acid groups is 2. The second-order valence-corrected chi connectivity index (χ2v) is 13.8. The molecular formula is C30H34N6O13P2. The van der Waals surface area contributed by atoms with Crippen molar-refractivity contribution in [1.82, 2.24) is 24.9 Å². The van der Waals surface area contributed by atoms with Crippen LogP contribution < -0.4 is 20.1 Å². The summed E-state index contributed by atoms with van der Waals surface area (Å²) in [5.74, 6) is -2.56. The average molecular weight is 749 g/mol. The van der Waals surface area contributed by atoms with Gasteiger partial charge in [0.05, 0.1) is 24.0 Å². The van der Waals surface area contributed by atoms with Crippen LogP contribution in [0.15, 0.2) is 36.4 Å². The zero-order valence-corrected chi connectivity index (χ0v) is 28.8. The molecule has 0 aliphatic carbocycles. The molecule has 0 spiro atoms. The van der Waals surface area contributed by atoms with E-state index in [1.807, 2.05) is 6.92 Å². The molecule has 2 aromatic carbocycles. The van der Waals surface area contributed by atoms with Crippen LogP contribution in [0.5, 0.6) is 11.5 Å². The van der Waals surface area contributed by atoms with E-state index in [0.29, 0.717) is 44.8 Å². The highest BCUT2D eigenvalue weighted by Crippen LogP contribution is 2.43. The summed E-state index contributed by atoms with van der Waals surface area (Å²) in [6.45, 7) is 1.89. The molecule has 1 saturated heterocycles. The number of aryl methyl sites for hydroxylation is 1. The Morgan fingerprint density at radius 1 is 0.961 bits per heavy atom. The fourth-order valence-corrected chi connectivity index (χ4v) is 6.20. The van der Waals surface area contributed by atoms with Crippen molar-refractivity contribution in [2.75, 3.05) is 5.73 Å². The summed E-state index contributed by atoms with van der Waals surface area (Å²) < 4.78 is 34.7. The van der Waals surface area contributed by atoms with Crippen molar-refractivity contribution in [2.24, 2.45) is 0 Å². The first-order valence-corrected chi connectivity index (χ1v) is 18.6. The number of hydroxylamine groups is 2. The van der Waals surface area contributed by atoms with Gasteiger partial charge in [0.15, 0.2) is 5.82 Å². The summed E-state index contributed by atoms with van der Waals surface area (Å²) in [5.41, 5.74) is 8.37. The van der Waals surface area contributed by atoms with Crippen molar-refractivity contribution in [2.45, 2.75) is 65.0 Å². The molecule has 19 nitrogen and oxygen atoms in total. The molecule has 272 valence electrons. The molecule has 7 N–H and O–H groups in total. The third kappa shape index (κ3) is 9.46. The number of aromatic nitrogens is 3. The molecule has 5 rings (SSSR count). The van der Waals surface area contributed by atoms with E-state index in [-0.39, 0.29) is 61.7 Å². The van der Waals surface area contributed by atoms with E-state index in [0.717, 1.165) is 25.0 Å². The molecule has 1 fully saturated rings. The normalized spacial score (nSPS) is 13.6. The third-order valence-electron chi connectivity index (χ3n) is 7.65. The predicted molar refractivity (Wildman–Crippen MR) is 177 cm³/mol. The number of nitrogens with one attached hydrogen (secondary N) is 1. The van der Waals surface area contributed by atoms with Crippen LogP contribution in [0.4, 0.5) is 5.82 Å². The number of carbonyl (C=O) groups excluding carboxylic acids is 4. The molecule has 1 aliphatic rings. The van der Waals surface area contributed by atoms with E-state index < -0.39 is 39.3 Å². The Morgan fingerprint density at radius 3 is 2.33 bits per heavy atom. The van der Waals surface area contributed by atoms with E-state index in [1.165, 1.54) is 6.07 Å². The Kier molecular flexibility index (Phi) is 11.1. The number of carbonyl (C=O) groups is 4. The van der Waals surface area contributed by atoms with Gasteiger partial charge in [0.2, 0.25) is 5.91 Å². The first-order chi connectivity index (χ1) is 24.0. The lowest BCUT2D eigenvalue weighted by Crippen LogP contribution is -2.32. The Morgan fingerprint density at radius 2 is 1.67 bits per heavy atom. The van der Waals surface area contributed by atoms with Crippen LogP contribution in [-0.2, 0) is 52.7 Å². The number of nitrogens with two attached hydrogens (primary N) is 1. The van der Waals surface area contributed by atoms with Crippen molar-refractivity contribution in [3.63, 3.8) is 0 Å². The van der Waals surface area contributed by atoms with Gasteiger partial charge >= 0.3 is 21.6 Å². The molecule has 2 aromatic heterocycles. The van der Waals surface area contributed by atoms with Gasteiger partial charge in [-0.1, -0.05) is 25.5 Å². The number of imidazole rings is 1. The quantitative estimate of drug-likeness (QED) is 0.0752. The standard InChI is InChI=1S/C30H34N6O13P2/c1-2-3-4-23-34-28-29(35(23)16-18-14-19(48-50(41,42)43)6-8-22(18)49-51(44,45)46)20-7-5-17(13-21(20)33-30(28)31)15-32-24(37)9-12-27(40)47-36-25(38)10-11-26(36)39/h5-8,13-14H,2-4,9-12,15-16H2,1H3,(H2,31,33)(H,32,37)(H2,41,42,43)(H2,44,45,46). The number of amides is 3. The van der Waals surface area contributed by atoms with Crippen molar-refractivity contribution in [3.05, 3.63) is 53.3 Å². The number of rotatable bonds is 15. The topological polar surface area (TPSA) is 283 Å². The number of anilines is 1. The van der Waals surface area contributed by atoms with Crippen molar-refractivity contribution < 1.29 is 61.8 Å². The highest BCUT2D eigenvalue weighted by atomic mass is 31.2. The van der Waals surface area contributed by atoms with E-state index in [9.17, 15) is 47.9 Å². The van der Waals surface area contributed by atoms with Gasteiger partial charge in [0.25, 0.3) is 11.8 Å². The number of nitrogens with zero attached hydrogens (tertiary/aromatic N) is 4. The highest BCUT2D eigenvalue weighted by molar-refractivity contribution is 7.47. The van der Waals surface area contributed by atoms with Gasteiger partial charge in [0, 0.05) is 43.2 Å². The van der Waals surface area contributed by atoms with Crippen LogP contribution in [0, 0.1) is 0 Å². The van der Waals surface area contributed by atoms with Crippen molar-refractivity contribution in [3.8, 4) is 11.5 Å². The third-order valence-corrected chi connectivity index (χ3v) is 8.53. The zero-order chi connectivity index (χ0) is 37.1. The first-order valence-electron chi connectivity index (χ1n) is 15.5. The van der Waals surface area contributed by atoms with E-state index in [4.69, 9.17) is 24.6 Å². The average Bonchev–Trinajstić information content (AvgIpc) is 3.56. The molecule has 4 aromatic rings. The maximum absolute atomic E-state index is 12.5. The van der Waals surface area contributed by atoms with Gasteiger partial charge in [0.1, 0.15) is 22.8 Å². The molecule has 1 aliphatic heterocycles. The fourth-order valence-electron chi connectivity index (χ4n) is 5.38. The predicted octanol–water partition coefficient (Wildman–Crippen LogP) is 2.50. The molecule has 0 radical (unpaired) electrons. The number of benzene rings is 2. The summed E-state index contributed by atoms with van der Waals surface area (Å²) in [6, 6.07) is 8.55. The number of nitrogen functional groups attached to an aromatic ring is 1. The summed E-state index contributed by atoms with van der Waals surface area (Å²) in [4.78, 5) is 99.6. The van der Waals surface area contributed by atoms with Gasteiger partial charge in [-0.15, -0.1) is 5.06 Å². The van der Waals surface area contributed by atoms with Crippen LogP contribution in [0.2, 0.25) is 0 Å². The van der Waals surface area contributed by atoms with E-state index >= 15 is 0 Å². The summed E-state index contributed by atoms with van der Waals surface area (Å²) in [6.07, 6.45) is 1.28. The lowest BCUT2D eigenvalue weighted by molar-refractivity contribution is -0.197. The number of pyridine rings is 1. The SMILES string of the molecule is CCCCc1nc2c(N)nc3cc(CNC(=O)CCC(=O)ON4C(=O)CCC4=O)ccc3c2n1Cc1cc(OP(=O)(O)O)ccc1OP(=O)(O)O. The molecule has 21 heteroatoms. The monoisotopic (exact) mass is 748 g/mol.